The van der Waals surface area contributed by atoms with Gasteiger partial charge in [-0.15, -0.1) is 5.10 Å². The third kappa shape index (κ3) is 2.38. The number of piperidine rings is 1. The maximum atomic E-state index is 12.6. The molecule has 0 aromatic heterocycles. The summed E-state index contributed by atoms with van der Waals surface area (Å²) in [5, 5.41) is 11.4. The topological polar surface area (TPSA) is 57.1 Å². The number of carbonyl (C=O) groups is 1. The lowest BCUT2D eigenvalue weighted by atomic mass is 9.96. The van der Waals surface area contributed by atoms with Gasteiger partial charge in [-0.2, -0.15) is 5.10 Å². The molecule has 116 valence electrons. The summed E-state index contributed by atoms with van der Waals surface area (Å²) in [7, 11) is 2.21. The van der Waals surface area contributed by atoms with Crippen LogP contribution in [0.5, 0.6) is 0 Å². The SMILES string of the molecule is CN1C2CCC1CC(NC(=O)C1=NN=C3CC(Br)=CC=C31)C2. The number of hydrogen-bond donors (Lipinski definition) is 1. The van der Waals surface area contributed by atoms with Gasteiger partial charge in [0.1, 0.15) is 0 Å². The predicted molar refractivity (Wildman–Crippen MR) is 90.3 cm³/mol. The summed E-state index contributed by atoms with van der Waals surface area (Å²) < 4.78 is 1.07. The number of fused-ring (bicyclic) bond motifs is 3. The summed E-state index contributed by atoms with van der Waals surface area (Å²) in [6, 6.07) is 1.50. The molecule has 0 saturated carbocycles. The van der Waals surface area contributed by atoms with Gasteiger partial charge < -0.3 is 10.2 Å². The molecule has 3 aliphatic heterocycles. The molecule has 2 bridgehead atoms. The Morgan fingerprint density at radius 1 is 1.27 bits per heavy atom. The first-order chi connectivity index (χ1) is 10.6. The van der Waals surface area contributed by atoms with Crippen LogP contribution in [0.2, 0.25) is 0 Å². The standard InChI is InChI=1S/C16H19BrN4O/c1-21-11-3-4-12(21)8-10(7-11)18-16(22)15-13-5-2-9(17)6-14(13)19-20-15/h2,5,10-12H,3-4,6-8H2,1H3,(H,18,22). The minimum absolute atomic E-state index is 0.0784. The zero-order valence-corrected chi connectivity index (χ0v) is 14.1. The van der Waals surface area contributed by atoms with E-state index in [1.807, 2.05) is 12.2 Å². The van der Waals surface area contributed by atoms with Crippen LogP contribution in [0.15, 0.2) is 32.4 Å². The highest BCUT2D eigenvalue weighted by molar-refractivity contribution is 9.11. The Labute approximate surface area is 138 Å². The van der Waals surface area contributed by atoms with E-state index in [-0.39, 0.29) is 11.9 Å². The number of halogens is 1. The summed E-state index contributed by atoms with van der Waals surface area (Å²) in [5.74, 6) is -0.0784. The summed E-state index contributed by atoms with van der Waals surface area (Å²) >= 11 is 3.47. The van der Waals surface area contributed by atoms with Gasteiger partial charge in [0.05, 0.1) is 5.71 Å². The molecule has 3 heterocycles. The minimum atomic E-state index is -0.0784. The Morgan fingerprint density at radius 3 is 2.73 bits per heavy atom. The highest BCUT2D eigenvalue weighted by atomic mass is 79.9. The molecule has 0 aromatic rings. The van der Waals surface area contributed by atoms with Crippen LogP contribution in [-0.2, 0) is 4.79 Å². The van der Waals surface area contributed by atoms with Gasteiger partial charge in [0, 0.05) is 34.6 Å². The second-order valence-corrected chi connectivity index (χ2v) is 7.58. The molecule has 0 aromatic carbocycles. The molecule has 2 atom stereocenters. The molecular weight excluding hydrogens is 344 g/mol. The van der Waals surface area contributed by atoms with Crippen LogP contribution in [0.4, 0.5) is 0 Å². The third-order valence-corrected chi connectivity index (χ3v) is 5.80. The lowest BCUT2D eigenvalue weighted by Gasteiger charge is -2.36. The molecule has 1 aliphatic carbocycles. The Bertz CT molecular complexity index is 635. The van der Waals surface area contributed by atoms with E-state index in [1.54, 1.807) is 0 Å². The van der Waals surface area contributed by atoms with Gasteiger partial charge in [-0.3, -0.25) is 4.79 Å². The van der Waals surface area contributed by atoms with Crippen molar-refractivity contribution in [1.82, 2.24) is 10.2 Å². The number of hydrogen-bond acceptors (Lipinski definition) is 4. The van der Waals surface area contributed by atoms with Gasteiger partial charge in [-0.25, -0.2) is 0 Å². The van der Waals surface area contributed by atoms with Crippen molar-refractivity contribution in [2.24, 2.45) is 10.2 Å². The molecule has 1 N–H and O–H groups in total. The number of nitrogens with one attached hydrogen (secondary N) is 1. The fraction of sp³-hybridized carbons (Fsp3) is 0.562. The lowest BCUT2D eigenvalue weighted by molar-refractivity contribution is -0.115. The smallest absolute Gasteiger partial charge is 0.272 e. The van der Waals surface area contributed by atoms with Crippen molar-refractivity contribution in [3.63, 3.8) is 0 Å². The van der Waals surface area contributed by atoms with Crippen molar-refractivity contribution >= 4 is 33.3 Å². The van der Waals surface area contributed by atoms with E-state index in [0.717, 1.165) is 28.6 Å². The second kappa shape index (κ2) is 5.42. The molecule has 2 unspecified atom stereocenters. The first kappa shape index (κ1) is 14.3. The van der Waals surface area contributed by atoms with Crippen molar-refractivity contribution in [2.75, 3.05) is 7.05 Å². The second-order valence-electron chi connectivity index (χ2n) is 6.56. The fourth-order valence-corrected chi connectivity index (χ4v) is 4.40. The van der Waals surface area contributed by atoms with Crippen molar-refractivity contribution in [1.29, 1.82) is 0 Å². The van der Waals surface area contributed by atoms with Crippen molar-refractivity contribution in [2.45, 2.75) is 50.2 Å². The number of rotatable bonds is 2. The summed E-state index contributed by atoms with van der Waals surface area (Å²) in [6.07, 6.45) is 9.21. The van der Waals surface area contributed by atoms with Crippen molar-refractivity contribution in [3.8, 4) is 0 Å². The van der Waals surface area contributed by atoms with Crippen LogP contribution >= 0.6 is 15.9 Å². The molecular formula is C16H19BrN4O. The summed E-state index contributed by atoms with van der Waals surface area (Å²) in [4.78, 5) is 15.0. The highest BCUT2D eigenvalue weighted by Crippen LogP contribution is 2.34. The molecule has 6 heteroatoms. The molecule has 0 spiro atoms. The van der Waals surface area contributed by atoms with Gasteiger partial charge in [-0.1, -0.05) is 22.0 Å². The zero-order valence-electron chi connectivity index (χ0n) is 12.6. The van der Waals surface area contributed by atoms with Gasteiger partial charge in [0.25, 0.3) is 5.91 Å². The van der Waals surface area contributed by atoms with E-state index in [0.29, 0.717) is 24.2 Å². The van der Waals surface area contributed by atoms with Crippen molar-refractivity contribution in [3.05, 3.63) is 22.2 Å². The average molecular weight is 363 g/mol. The lowest BCUT2D eigenvalue weighted by Crippen LogP contribution is -2.50. The monoisotopic (exact) mass is 362 g/mol. The Hall–Kier alpha value is -1.27. The summed E-state index contributed by atoms with van der Waals surface area (Å²) in [5.41, 5.74) is 2.22. The van der Waals surface area contributed by atoms with Gasteiger partial charge in [-0.05, 0) is 38.8 Å². The quantitative estimate of drug-likeness (QED) is 0.817. The predicted octanol–water partition coefficient (Wildman–Crippen LogP) is 2.15. The fourth-order valence-electron chi connectivity index (χ4n) is 4.00. The molecule has 0 radical (unpaired) electrons. The molecule has 1 amide bonds. The van der Waals surface area contributed by atoms with Gasteiger partial charge in [0.15, 0.2) is 5.71 Å². The maximum Gasteiger partial charge on any atom is 0.272 e. The van der Waals surface area contributed by atoms with E-state index < -0.39 is 0 Å². The molecule has 4 aliphatic rings. The Kier molecular flexibility index (Phi) is 3.53. The van der Waals surface area contributed by atoms with Gasteiger partial charge >= 0.3 is 0 Å². The normalized spacial score (nSPS) is 33.6. The first-order valence-electron chi connectivity index (χ1n) is 7.86. The minimum Gasteiger partial charge on any atom is -0.348 e. The largest absolute Gasteiger partial charge is 0.348 e. The van der Waals surface area contributed by atoms with E-state index >= 15 is 0 Å². The zero-order chi connectivity index (χ0) is 15.3. The number of nitrogens with zero attached hydrogens (tertiary/aromatic N) is 3. The molecule has 2 fully saturated rings. The van der Waals surface area contributed by atoms with Crippen LogP contribution in [0.25, 0.3) is 0 Å². The molecule has 5 nitrogen and oxygen atoms in total. The first-order valence-corrected chi connectivity index (χ1v) is 8.65. The third-order valence-electron chi connectivity index (χ3n) is 5.25. The maximum absolute atomic E-state index is 12.6. The Morgan fingerprint density at radius 2 is 2.00 bits per heavy atom. The van der Waals surface area contributed by atoms with Gasteiger partial charge in [0.2, 0.25) is 0 Å². The van der Waals surface area contributed by atoms with Crippen LogP contribution in [0.3, 0.4) is 0 Å². The van der Waals surface area contributed by atoms with E-state index in [4.69, 9.17) is 0 Å². The van der Waals surface area contributed by atoms with Crippen LogP contribution < -0.4 is 5.32 Å². The average Bonchev–Trinajstić information content (AvgIpc) is 2.97. The number of allylic oxidation sites excluding steroid dienone is 3. The van der Waals surface area contributed by atoms with Crippen LogP contribution in [0, 0.1) is 0 Å². The summed E-state index contributed by atoms with van der Waals surface area (Å²) in [6.45, 7) is 0. The molecule has 22 heavy (non-hydrogen) atoms. The van der Waals surface area contributed by atoms with Crippen LogP contribution in [-0.4, -0.2) is 47.4 Å². The molecule has 4 rings (SSSR count). The van der Waals surface area contributed by atoms with E-state index in [1.165, 1.54) is 12.8 Å². The van der Waals surface area contributed by atoms with Crippen LogP contribution in [0.1, 0.15) is 32.1 Å². The van der Waals surface area contributed by atoms with E-state index in [9.17, 15) is 4.79 Å². The number of carbonyl (C=O) groups excluding carboxylic acids is 1. The van der Waals surface area contributed by atoms with E-state index in [2.05, 4.69) is 43.4 Å². The highest BCUT2D eigenvalue weighted by Gasteiger charge is 2.39. The van der Waals surface area contributed by atoms with Crippen molar-refractivity contribution < 1.29 is 4.79 Å². The number of amides is 1. The Balaban J connectivity index is 1.44. The molecule has 2 saturated heterocycles.